The van der Waals surface area contributed by atoms with E-state index in [0.717, 1.165) is 23.7 Å². The molecule has 0 aliphatic carbocycles. The van der Waals surface area contributed by atoms with Crippen LogP contribution in [-0.2, 0) is 11.3 Å². The van der Waals surface area contributed by atoms with Crippen LogP contribution >= 0.6 is 15.9 Å². The molecule has 1 aromatic carbocycles. The van der Waals surface area contributed by atoms with Gasteiger partial charge in [0.2, 0.25) is 5.91 Å². The van der Waals surface area contributed by atoms with Crippen molar-refractivity contribution in [2.24, 2.45) is 0 Å². The molecule has 1 amide bonds. The predicted octanol–water partition coefficient (Wildman–Crippen LogP) is 3.47. The van der Waals surface area contributed by atoms with Crippen LogP contribution in [0.5, 0.6) is 0 Å². The van der Waals surface area contributed by atoms with Gasteiger partial charge in [-0.1, -0.05) is 34.1 Å². The molecule has 0 fully saturated rings. The molecule has 0 aliphatic heterocycles. The van der Waals surface area contributed by atoms with Crippen molar-refractivity contribution in [3.63, 3.8) is 0 Å². The second-order valence-corrected chi connectivity index (χ2v) is 5.12. The number of nitriles is 1. The highest BCUT2D eigenvalue weighted by Crippen LogP contribution is 2.12. The van der Waals surface area contributed by atoms with Gasteiger partial charge >= 0.3 is 0 Å². The lowest BCUT2D eigenvalue weighted by Crippen LogP contribution is -2.30. The maximum Gasteiger partial charge on any atom is 0.222 e. The van der Waals surface area contributed by atoms with E-state index in [1.807, 2.05) is 30.0 Å². The molecule has 0 saturated carbocycles. The molecule has 0 aromatic heterocycles. The van der Waals surface area contributed by atoms with Crippen molar-refractivity contribution in [3.05, 3.63) is 35.4 Å². The number of benzene rings is 1. The molecule has 0 bridgehead atoms. The number of carbonyl (C=O) groups is 1. The summed E-state index contributed by atoms with van der Waals surface area (Å²) in [6, 6.07) is 9.62. The van der Waals surface area contributed by atoms with E-state index in [2.05, 4.69) is 22.0 Å². The van der Waals surface area contributed by atoms with Gasteiger partial charge < -0.3 is 4.90 Å². The van der Waals surface area contributed by atoms with Crippen molar-refractivity contribution in [1.82, 2.24) is 4.90 Å². The summed E-state index contributed by atoms with van der Waals surface area (Å²) in [6.07, 6.45) is 2.49. The predicted molar refractivity (Wildman–Crippen MR) is 79.9 cm³/mol. The Kier molecular flexibility index (Phi) is 7.20. The lowest BCUT2D eigenvalue weighted by atomic mass is 10.1. The zero-order valence-corrected chi connectivity index (χ0v) is 12.8. The fourth-order valence-corrected chi connectivity index (χ4v) is 2.27. The molecule has 3 nitrogen and oxygen atoms in total. The summed E-state index contributed by atoms with van der Waals surface area (Å²) in [4.78, 5) is 13.9. The standard InChI is InChI=1S/C15H19BrN2O/c1-2-18(15(19)9-5-6-10-16)12-14-8-4-3-7-13(14)11-17/h3-4,7-8H,2,5-6,9-10,12H2,1H3. The quantitative estimate of drug-likeness (QED) is 0.570. The number of hydrogen-bond acceptors (Lipinski definition) is 2. The van der Waals surface area contributed by atoms with E-state index in [0.29, 0.717) is 25.1 Å². The average molecular weight is 323 g/mol. The monoisotopic (exact) mass is 322 g/mol. The summed E-state index contributed by atoms with van der Waals surface area (Å²) in [5.41, 5.74) is 1.56. The topological polar surface area (TPSA) is 44.1 Å². The van der Waals surface area contributed by atoms with Crippen LogP contribution in [0.3, 0.4) is 0 Å². The summed E-state index contributed by atoms with van der Waals surface area (Å²) in [5.74, 6) is 0.163. The zero-order chi connectivity index (χ0) is 14.1. The van der Waals surface area contributed by atoms with Gasteiger partial charge in [-0.05, 0) is 31.4 Å². The van der Waals surface area contributed by atoms with Crippen LogP contribution in [0.1, 0.15) is 37.3 Å². The second-order valence-electron chi connectivity index (χ2n) is 4.32. The second kappa shape index (κ2) is 8.71. The van der Waals surface area contributed by atoms with Gasteiger partial charge in [-0.3, -0.25) is 4.79 Å². The van der Waals surface area contributed by atoms with E-state index >= 15 is 0 Å². The van der Waals surface area contributed by atoms with Crippen LogP contribution in [0.2, 0.25) is 0 Å². The van der Waals surface area contributed by atoms with Gasteiger partial charge in [0.15, 0.2) is 0 Å². The van der Waals surface area contributed by atoms with Gasteiger partial charge in [0.05, 0.1) is 11.6 Å². The summed E-state index contributed by atoms with van der Waals surface area (Å²) in [7, 11) is 0. The first kappa shape index (κ1) is 15.7. The minimum atomic E-state index is 0.163. The number of halogens is 1. The van der Waals surface area contributed by atoms with Crippen LogP contribution in [0.15, 0.2) is 24.3 Å². The molecule has 102 valence electrons. The number of hydrogen-bond donors (Lipinski definition) is 0. The van der Waals surface area contributed by atoms with Crippen molar-refractivity contribution >= 4 is 21.8 Å². The van der Waals surface area contributed by atoms with Gasteiger partial charge in [0.1, 0.15) is 0 Å². The van der Waals surface area contributed by atoms with Crippen LogP contribution in [0.4, 0.5) is 0 Å². The molecule has 19 heavy (non-hydrogen) atoms. The zero-order valence-electron chi connectivity index (χ0n) is 11.2. The van der Waals surface area contributed by atoms with Crippen LogP contribution in [0.25, 0.3) is 0 Å². The van der Waals surface area contributed by atoms with Crippen molar-refractivity contribution in [2.45, 2.75) is 32.7 Å². The maximum atomic E-state index is 12.1. The molecule has 0 saturated heterocycles. The number of nitrogens with zero attached hydrogens (tertiary/aromatic N) is 2. The molecule has 0 atom stereocenters. The Morgan fingerprint density at radius 2 is 2.11 bits per heavy atom. The molecule has 1 rings (SSSR count). The minimum absolute atomic E-state index is 0.163. The first-order chi connectivity index (χ1) is 9.22. The Balaban J connectivity index is 2.66. The Hall–Kier alpha value is -1.34. The van der Waals surface area contributed by atoms with Gasteiger partial charge in [0, 0.05) is 24.8 Å². The van der Waals surface area contributed by atoms with Crippen molar-refractivity contribution < 1.29 is 4.79 Å². The third kappa shape index (κ3) is 5.04. The molecule has 0 aliphatic rings. The molecule has 0 spiro atoms. The number of amides is 1. The van der Waals surface area contributed by atoms with E-state index in [-0.39, 0.29) is 5.91 Å². The molecular formula is C15H19BrN2O. The number of carbonyl (C=O) groups excluding carboxylic acids is 1. The molecule has 0 heterocycles. The fraction of sp³-hybridized carbons (Fsp3) is 0.467. The van der Waals surface area contributed by atoms with E-state index in [9.17, 15) is 4.79 Å². The van der Waals surface area contributed by atoms with E-state index in [1.165, 1.54) is 0 Å². The fourth-order valence-electron chi connectivity index (χ4n) is 1.88. The van der Waals surface area contributed by atoms with Crippen LogP contribution < -0.4 is 0 Å². The largest absolute Gasteiger partial charge is 0.339 e. The average Bonchev–Trinajstić information content (AvgIpc) is 2.45. The van der Waals surface area contributed by atoms with Crippen molar-refractivity contribution in [2.75, 3.05) is 11.9 Å². The highest BCUT2D eigenvalue weighted by molar-refractivity contribution is 9.09. The van der Waals surface area contributed by atoms with E-state index in [4.69, 9.17) is 5.26 Å². The lowest BCUT2D eigenvalue weighted by Gasteiger charge is -2.21. The van der Waals surface area contributed by atoms with Crippen molar-refractivity contribution in [1.29, 1.82) is 5.26 Å². The molecule has 1 aromatic rings. The highest BCUT2D eigenvalue weighted by Gasteiger charge is 2.13. The third-order valence-corrected chi connectivity index (χ3v) is 3.57. The normalized spacial score (nSPS) is 9.95. The SMILES string of the molecule is CCN(Cc1ccccc1C#N)C(=O)CCCCBr. The first-order valence-electron chi connectivity index (χ1n) is 6.54. The number of alkyl halides is 1. The number of unbranched alkanes of at least 4 members (excludes halogenated alkanes) is 1. The molecule has 0 radical (unpaired) electrons. The first-order valence-corrected chi connectivity index (χ1v) is 7.66. The summed E-state index contributed by atoms with van der Waals surface area (Å²) in [6.45, 7) is 3.16. The van der Waals surface area contributed by atoms with Gasteiger partial charge in [-0.25, -0.2) is 0 Å². The van der Waals surface area contributed by atoms with Gasteiger partial charge in [-0.2, -0.15) is 5.26 Å². The van der Waals surface area contributed by atoms with Crippen LogP contribution in [0, 0.1) is 11.3 Å². The summed E-state index contributed by atoms with van der Waals surface area (Å²) >= 11 is 3.37. The van der Waals surface area contributed by atoms with Gasteiger partial charge in [0.25, 0.3) is 0 Å². The maximum absolute atomic E-state index is 12.1. The Morgan fingerprint density at radius 3 is 2.74 bits per heavy atom. The van der Waals surface area contributed by atoms with E-state index < -0.39 is 0 Å². The third-order valence-electron chi connectivity index (χ3n) is 3.01. The lowest BCUT2D eigenvalue weighted by molar-refractivity contribution is -0.131. The minimum Gasteiger partial charge on any atom is -0.339 e. The summed E-state index contributed by atoms with van der Waals surface area (Å²) in [5, 5.41) is 9.99. The molecule has 0 unspecified atom stereocenters. The smallest absolute Gasteiger partial charge is 0.222 e. The Labute approximate surface area is 123 Å². The van der Waals surface area contributed by atoms with Gasteiger partial charge in [-0.15, -0.1) is 0 Å². The molecule has 0 N–H and O–H groups in total. The van der Waals surface area contributed by atoms with Crippen molar-refractivity contribution in [3.8, 4) is 6.07 Å². The molecule has 4 heteroatoms. The Bertz CT molecular complexity index is 454. The highest BCUT2D eigenvalue weighted by atomic mass is 79.9. The van der Waals surface area contributed by atoms with E-state index in [1.54, 1.807) is 6.07 Å². The molecular weight excluding hydrogens is 304 g/mol. The van der Waals surface area contributed by atoms with Crippen LogP contribution in [-0.4, -0.2) is 22.7 Å². The summed E-state index contributed by atoms with van der Waals surface area (Å²) < 4.78 is 0. The number of rotatable bonds is 7. The Morgan fingerprint density at radius 1 is 1.37 bits per heavy atom.